The maximum atomic E-state index is 4.26. The summed E-state index contributed by atoms with van der Waals surface area (Å²) in [7, 11) is 4.04. The van der Waals surface area contributed by atoms with E-state index in [1.54, 1.807) is 0 Å². The molecule has 0 spiro atoms. The van der Waals surface area contributed by atoms with E-state index in [4.69, 9.17) is 0 Å². The second-order valence-electron chi connectivity index (χ2n) is 7.98. The number of hydrogen-bond acceptors (Lipinski definition) is 3. The summed E-state index contributed by atoms with van der Waals surface area (Å²) in [5, 5.41) is 2.46. The first kappa shape index (κ1) is 32.1. The van der Waals surface area contributed by atoms with Gasteiger partial charge in [-0.25, -0.2) is 9.97 Å². The van der Waals surface area contributed by atoms with Crippen LogP contribution in [0.4, 0.5) is 0 Å². The number of nitrogens with one attached hydrogen (secondary N) is 1. The number of nitrogens with zero attached hydrogens (tertiary/aromatic N) is 5. The molecule has 6 rings (SSSR count). The first-order valence-electron chi connectivity index (χ1n) is 13.6. The van der Waals surface area contributed by atoms with Crippen LogP contribution in [0.25, 0.3) is 33.1 Å². The molecule has 0 amide bonds. The highest BCUT2D eigenvalue weighted by Gasteiger charge is 2.00. The molecule has 6 nitrogen and oxygen atoms in total. The van der Waals surface area contributed by atoms with Crippen LogP contribution in [0.2, 0.25) is 0 Å². The fourth-order valence-corrected chi connectivity index (χ4v) is 3.63. The third kappa shape index (κ3) is 8.30. The lowest BCUT2D eigenvalue weighted by atomic mass is 10.2. The minimum atomic E-state index is 1.03. The lowest BCUT2D eigenvalue weighted by Gasteiger charge is -1.95. The summed E-state index contributed by atoms with van der Waals surface area (Å²) in [6, 6.07) is 14.4. The number of aromatic amines is 1. The molecule has 0 saturated carbocycles. The summed E-state index contributed by atoms with van der Waals surface area (Å²) in [5.41, 5.74) is 7.99. The Morgan fingerprint density at radius 3 is 2.08 bits per heavy atom. The summed E-state index contributed by atoms with van der Waals surface area (Å²) >= 11 is 0. The van der Waals surface area contributed by atoms with Crippen molar-refractivity contribution in [2.24, 2.45) is 14.1 Å². The quantitative estimate of drug-likeness (QED) is 0.220. The van der Waals surface area contributed by atoms with E-state index in [-0.39, 0.29) is 0 Å². The summed E-state index contributed by atoms with van der Waals surface area (Å²) < 4.78 is 4.12. The molecule has 6 aromatic rings. The Balaban J connectivity index is 0.000000259. The van der Waals surface area contributed by atoms with E-state index in [0.29, 0.717) is 0 Å². The lowest BCUT2D eigenvalue weighted by molar-refractivity contribution is 0.902. The van der Waals surface area contributed by atoms with Crippen molar-refractivity contribution in [3.63, 3.8) is 0 Å². The molecule has 0 radical (unpaired) electrons. The fraction of sp³-hybridized carbons (Fsp3) is 0.344. The Kier molecular flexibility index (Phi) is 14.1. The van der Waals surface area contributed by atoms with Crippen LogP contribution >= 0.6 is 0 Å². The zero-order chi connectivity index (χ0) is 28.7. The maximum absolute atomic E-state index is 4.26. The smallest absolute Gasteiger partial charge is 0.139 e. The predicted octanol–water partition coefficient (Wildman–Crippen LogP) is 8.71. The molecule has 38 heavy (non-hydrogen) atoms. The Morgan fingerprint density at radius 1 is 0.737 bits per heavy atom. The minimum Gasteiger partial charge on any atom is -0.360 e. The molecule has 0 aliphatic carbocycles. The SMILES string of the molecule is CC.CC.CC.Cc1cc2cccnc2n1C.Cc1ccnc2c1ccn2C.Cc1cnc2cc[nH]c2c1. The number of H-pyrrole nitrogens is 1. The van der Waals surface area contributed by atoms with E-state index in [1.807, 2.05) is 116 Å². The predicted molar refractivity (Wildman–Crippen MR) is 166 cm³/mol. The van der Waals surface area contributed by atoms with Gasteiger partial charge in [-0.15, -0.1) is 0 Å². The molecular weight excluding hydrogens is 468 g/mol. The summed E-state index contributed by atoms with van der Waals surface area (Å²) in [4.78, 5) is 15.8. The van der Waals surface area contributed by atoms with Gasteiger partial charge in [0.15, 0.2) is 0 Å². The molecule has 0 atom stereocenters. The number of fused-ring (bicyclic) bond motifs is 3. The van der Waals surface area contributed by atoms with Crippen molar-refractivity contribution in [2.45, 2.75) is 62.3 Å². The van der Waals surface area contributed by atoms with Gasteiger partial charge >= 0.3 is 0 Å². The Hall–Kier alpha value is -3.93. The minimum absolute atomic E-state index is 1.03. The first-order chi connectivity index (χ1) is 18.4. The maximum Gasteiger partial charge on any atom is 0.139 e. The molecule has 6 heterocycles. The highest BCUT2D eigenvalue weighted by molar-refractivity contribution is 5.79. The van der Waals surface area contributed by atoms with Gasteiger partial charge < -0.3 is 14.1 Å². The highest BCUT2D eigenvalue weighted by atomic mass is 15.0. The highest BCUT2D eigenvalue weighted by Crippen LogP contribution is 2.15. The van der Waals surface area contributed by atoms with Crippen LogP contribution in [0.15, 0.2) is 73.4 Å². The second kappa shape index (κ2) is 16.7. The lowest BCUT2D eigenvalue weighted by Crippen LogP contribution is -1.90. The standard InChI is InChI=1S/2C9H10N2.C8H8N2.3C2H6/c1-7-3-5-10-9-8(7)4-6-11(9)2;1-7-6-8-4-3-5-10-9(8)11(7)2;1-6-4-8-7(10-5-6)2-3-9-8;3*1-2/h2*3-6H,1-2H3;2-5,9H,1H3;3*1-2H3. The van der Waals surface area contributed by atoms with Crippen molar-refractivity contribution in [1.29, 1.82) is 0 Å². The Morgan fingerprint density at radius 2 is 1.42 bits per heavy atom. The van der Waals surface area contributed by atoms with Crippen molar-refractivity contribution < 1.29 is 0 Å². The molecule has 0 saturated heterocycles. The molecule has 6 aromatic heterocycles. The number of rotatable bonds is 0. The number of hydrogen-bond donors (Lipinski definition) is 1. The molecule has 1 N–H and O–H groups in total. The van der Waals surface area contributed by atoms with E-state index < -0.39 is 0 Å². The van der Waals surface area contributed by atoms with Gasteiger partial charge in [0.05, 0.1) is 11.0 Å². The van der Waals surface area contributed by atoms with Crippen LogP contribution in [0.3, 0.4) is 0 Å². The molecule has 0 bridgehead atoms. The average molecular weight is 515 g/mol. The molecule has 6 heteroatoms. The molecule has 0 aliphatic rings. The zero-order valence-corrected chi connectivity index (χ0v) is 25.2. The summed E-state index contributed by atoms with van der Waals surface area (Å²) in [5.74, 6) is 0. The van der Waals surface area contributed by atoms with E-state index >= 15 is 0 Å². The van der Waals surface area contributed by atoms with E-state index in [9.17, 15) is 0 Å². The summed E-state index contributed by atoms with van der Waals surface area (Å²) in [6.45, 7) is 18.2. The first-order valence-corrected chi connectivity index (χ1v) is 13.6. The third-order valence-electron chi connectivity index (χ3n) is 5.55. The third-order valence-corrected chi connectivity index (χ3v) is 5.55. The van der Waals surface area contributed by atoms with Crippen molar-refractivity contribution in [1.82, 2.24) is 29.1 Å². The molecule has 0 aromatic carbocycles. The average Bonchev–Trinajstić information content (AvgIpc) is 3.66. The van der Waals surface area contributed by atoms with Gasteiger partial charge in [0.25, 0.3) is 0 Å². The topological polar surface area (TPSA) is 64.3 Å². The molecule has 0 unspecified atom stereocenters. The largest absolute Gasteiger partial charge is 0.360 e. The van der Waals surface area contributed by atoms with Crippen molar-refractivity contribution >= 4 is 33.1 Å². The molecular formula is C32H46N6. The second-order valence-corrected chi connectivity index (χ2v) is 7.98. The summed E-state index contributed by atoms with van der Waals surface area (Å²) in [6.07, 6.45) is 9.47. The number of pyridine rings is 3. The molecule has 0 aliphatic heterocycles. The normalized spacial score (nSPS) is 9.45. The van der Waals surface area contributed by atoms with E-state index in [1.165, 1.54) is 27.6 Å². The number of aromatic nitrogens is 6. The van der Waals surface area contributed by atoms with Crippen LogP contribution in [-0.2, 0) is 14.1 Å². The van der Waals surface area contributed by atoms with Crippen molar-refractivity contribution in [2.75, 3.05) is 0 Å². The Labute approximate surface area is 228 Å². The van der Waals surface area contributed by atoms with Gasteiger partial charge in [0, 0.05) is 61.5 Å². The van der Waals surface area contributed by atoms with Crippen LogP contribution in [0.1, 0.15) is 58.4 Å². The molecule has 204 valence electrons. The van der Waals surface area contributed by atoms with Crippen LogP contribution < -0.4 is 0 Å². The monoisotopic (exact) mass is 514 g/mol. The number of aryl methyl sites for hydroxylation is 5. The van der Waals surface area contributed by atoms with Crippen LogP contribution in [0, 0.1) is 20.8 Å². The van der Waals surface area contributed by atoms with Crippen molar-refractivity contribution in [3.8, 4) is 0 Å². The van der Waals surface area contributed by atoms with E-state index in [2.05, 4.69) is 62.6 Å². The zero-order valence-electron chi connectivity index (χ0n) is 25.2. The van der Waals surface area contributed by atoms with Crippen LogP contribution in [0.5, 0.6) is 0 Å². The van der Waals surface area contributed by atoms with Gasteiger partial charge in [0.2, 0.25) is 0 Å². The van der Waals surface area contributed by atoms with Gasteiger partial charge in [-0.3, -0.25) is 4.98 Å². The van der Waals surface area contributed by atoms with Gasteiger partial charge in [-0.2, -0.15) is 0 Å². The van der Waals surface area contributed by atoms with E-state index in [0.717, 1.165) is 22.3 Å². The van der Waals surface area contributed by atoms with Crippen molar-refractivity contribution in [3.05, 3.63) is 90.3 Å². The van der Waals surface area contributed by atoms with Gasteiger partial charge in [-0.05, 0) is 74.4 Å². The van der Waals surface area contributed by atoms with Crippen LogP contribution in [-0.4, -0.2) is 29.1 Å². The Bertz CT molecular complexity index is 1490. The van der Waals surface area contributed by atoms with Gasteiger partial charge in [0.1, 0.15) is 11.3 Å². The van der Waals surface area contributed by atoms with Gasteiger partial charge in [-0.1, -0.05) is 41.5 Å². The molecule has 0 fully saturated rings. The fourth-order valence-electron chi connectivity index (χ4n) is 3.63.